The fraction of sp³-hybridized carbons (Fsp3) is 0.118. The lowest BCUT2D eigenvalue weighted by Gasteiger charge is -2.08. The maximum atomic E-state index is 10.9. The Morgan fingerprint density at radius 2 is 1.88 bits per heavy atom. The van der Waals surface area contributed by atoms with Gasteiger partial charge in [0.05, 0.1) is 10.5 Å². The van der Waals surface area contributed by atoms with Crippen molar-refractivity contribution in [1.29, 1.82) is 0 Å². The van der Waals surface area contributed by atoms with E-state index in [0.29, 0.717) is 11.5 Å². The molecule has 2 N–H and O–H groups in total. The minimum atomic E-state index is -0.427. The predicted molar refractivity (Wildman–Crippen MR) is 87.2 cm³/mol. The first-order valence-corrected chi connectivity index (χ1v) is 7.34. The molecule has 1 aliphatic rings. The van der Waals surface area contributed by atoms with E-state index in [1.807, 2.05) is 25.1 Å². The number of nitrogens with two attached hydrogens (primary N) is 1. The maximum Gasteiger partial charge on any atom is 0.269 e. The van der Waals surface area contributed by atoms with Gasteiger partial charge < -0.3 is 21.9 Å². The number of hydrogen-bond donors (Lipinski definition) is 1. The third kappa shape index (κ3) is 2.58. The number of nitrogen functional groups attached to an aromatic ring is 1. The number of aromatic nitrogens is 1. The number of benzene rings is 2. The molecule has 0 unspecified atom stereocenters. The van der Waals surface area contributed by atoms with Gasteiger partial charge in [0, 0.05) is 25.1 Å². The molecule has 0 atom stereocenters. The molecule has 8 heteroatoms. The highest BCUT2D eigenvalue weighted by atomic mass is 35.5. The van der Waals surface area contributed by atoms with Crippen LogP contribution in [0.3, 0.4) is 0 Å². The molecule has 0 bridgehead atoms. The average molecular weight is 360 g/mol. The molecule has 1 aliphatic heterocycles. The first-order chi connectivity index (χ1) is 11.6. The van der Waals surface area contributed by atoms with Gasteiger partial charge in [-0.25, -0.2) is 5.84 Å². The fourth-order valence-corrected chi connectivity index (χ4v) is 2.97. The molecule has 2 aromatic carbocycles. The van der Waals surface area contributed by atoms with Gasteiger partial charge in [-0.1, -0.05) is 4.68 Å². The lowest BCUT2D eigenvalue weighted by atomic mass is 10.0. The monoisotopic (exact) mass is 359 g/mol. The molecule has 1 aromatic heterocycles. The molecule has 0 saturated heterocycles. The molecule has 128 valence electrons. The van der Waals surface area contributed by atoms with E-state index in [9.17, 15) is 10.1 Å². The Hall–Kier alpha value is -3.06. The van der Waals surface area contributed by atoms with Crippen molar-refractivity contribution in [3.8, 4) is 22.8 Å². The molecule has 4 rings (SSSR count). The van der Waals surface area contributed by atoms with Gasteiger partial charge in [0.15, 0.2) is 11.5 Å². The summed E-state index contributed by atoms with van der Waals surface area (Å²) in [5.41, 5.74) is 2.38. The van der Waals surface area contributed by atoms with Crippen LogP contribution in [0.25, 0.3) is 22.0 Å². The summed E-state index contributed by atoms with van der Waals surface area (Å²) in [5.74, 6) is 7.56. The Kier molecular flexibility index (Phi) is 4.10. The lowest BCUT2D eigenvalue weighted by molar-refractivity contribution is -0.632. The van der Waals surface area contributed by atoms with Gasteiger partial charge in [0.2, 0.25) is 12.5 Å². The van der Waals surface area contributed by atoms with Crippen LogP contribution < -0.4 is 32.4 Å². The van der Waals surface area contributed by atoms with E-state index in [0.717, 1.165) is 27.7 Å². The van der Waals surface area contributed by atoms with Crippen molar-refractivity contribution in [2.45, 2.75) is 6.92 Å². The van der Waals surface area contributed by atoms with Crippen LogP contribution in [-0.2, 0) is 0 Å². The van der Waals surface area contributed by atoms with E-state index in [2.05, 4.69) is 0 Å². The standard InChI is InChI=1S/C17H14N3O4.ClH/c1-10-8-12-4-7-14-17(24-9-23-14)15(12)16(19(10)18)11-2-5-13(6-3-11)20(21)22;/h2-8H,9,18H2,1H3;1H/q+1;/p-1. The van der Waals surface area contributed by atoms with Crippen molar-refractivity contribution in [1.82, 2.24) is 0 Å². The predicted octanol–water partition coefficient (Wildman–Crippen LogP) is -0.543. The number of nitrogens with zero attached hydrogens (tertiary/aromatic N) is 2. The van der Waals surface area contributed by atoms with E-state index < -0.39 is 4.92 Å². The highest BCUT2D eigenvalue weighted by Gasteiger charge is 2.27. The molecule has 0 fully saturated rings. The van der Waals surface area contributed by atoms with Crippen molar-refractivity contribution >= 4 is 16.5 Å². The summed E-state index contributed by atoms with van der Waals surface area (Å²) in [5, 5.41) is 12.7. The van der Waals surface area contributed by atoms with Crippen LogP contribution >= 0.6 is 0 Å². The average Bonchev–Trinajstić information content (AvgIpc) is 3.05. The van der Waals surface area contributed by atoms with E-state index in [4.69, 9.17) is 15.3 Å². The summed E-state index contributed by atoms with van der Waals surface area (Å²) in [6.45, 7) is 2.06. The third-order valence-electron chi connectivity index (χ3n) is 4.15. The van der Waals surface area contributed by atoms with Crippen molar-refractivity contribution in [2.24, 2.45) is 0 Å². The smallest absolute Gasteiger partial charge is 0.269 e. The fourth-order valence-electron chi connectivity index (χ4n) is 2.97. The molecule has 0 radical (unpaired) electrons. The number of rotatable bonds is 2. The van der Waals surface area contributed by atoms with Crippen LogP contribution in [0.2, 0.25) is 0 Å². The molecule has 25 heavy (non-hydrogen) atoms. The lowest BCUT2D eigenvalue weighted by Crippen LogP contribution is -3.00. The van der Waals surface area contributed by atoms with Crippen molar-refractivity contribution in [2.75, 3.05) is 12.6 Å². The van der Waals surface area contributed by atoms with Crippen molar-refractivity contribution in [3.05, 3.63) is 58.3 Å². The molecular weight excluding hydrogens is 346 g/mol. The van der Waals surface area contributed by atoms with Gasteiger partial charge in [-0.15, -0.1) is 0 Å². The number of aryl methyl sites for hydroxylation is 1. The number of nitro benzene ring substituents is 1. The highest BCUT2D eigenvalue weighted by molar-refractivity contribution is 6.00. The zero-order valence-corrected chi connectivity index (χ0v) is 14.0. The summed E-state index contributed by atoms with van der Waals surface area (Å²) in [7, 11) is 0. The number of ether oxygens (including phenoxy) is 2. The number of non-ortho nitro benzene ring substituents is 1. The molecule has 0 saturated carbocycles. The minimum absolute atomic E-state index is 0. The zero-order chi connectivity index (χ0) is 16.8. The molecule has 7 nitrogen and oxygen atoms in total. The number of fused-ring (bicyclic) bond motifs is 3. The first-order valence-electron chi connectivity index (χ1n) is 7.34. The second kappa shape index (κ2) is 6.10. The third-order valence-corrected chi connectivity index (χ3v) is 4.15. The second-order valence-corrected chi connectivity index (χ2v) is 5.57. The van der Waals surface area contributed by atoms with Crippen molar-refractivity contribution < 1.29 is 31.5 Å². The van der Waals surface area contributed by atoms with E-state index in [-0.39, 0.29) is 24.9 Å². The van der Waals surface area contributed by atoms with Crippen molar-refractivity contribution in [3.63, 3.8) is 0 Å². The molecule has 2 heterocycles. The van der Waals surface area contributed by atoms with Gasteiger partial charge in [0.1, 0.15) is 5.39 Å². The number of halogens is 1. The Morgan fingerprint density at radius 1 is 1.16 bits per heavy atom. The SMILES string of the molecule is Cc1cc2ccc3c(c2c(-c2ccc([N+](=O)[O-])cc2)[n+]1N)OCO3.[Cl-]. The van der Waals surface area contributed by atoms with E-state index in [1.165, 1.54) is 12.1 Å². The molecule has 0 amide bonds. The largest absolute Gasteiger partial charge is 1.00 e. The first kappa shape index (κ1) is 16.8. The summed E-state index contributed by atoms with van der Waals surface area (Å²) in [6.07, 6.45) is 0. The van der Waals surface area contributed by atoms with Gasteiger partial charge in [-0.05, 0) is 29.7 Å². The second-order valence-electron chi connectivity index (χ2n) is 5.57. The van der Waals surface area contributed by atoms with Gasteiger partial charge in [-0.2, -0.15) is 0 Å². The van der Waals surface area contributed by atoms with Crippen LogP contribution in [0.4, 0.5) is 5.69 Å². The minimum Gasteiger partial charge on any atom is -1.00 e. The number of hydrogen-bond acceptors (Lipinski definition) is 5. The Morgan fingerprint density at radius 3 is 2.56 bits per heavy atom. The van der Waals surface area contributed by atoms with Crippen LogP contribution in [0.5, 0.6) is 11.5 Å². The summed E-state index contributed by atoms with van der Waals surface area (Å²) < 4.78 is 12.6. The van der Waals surface area contributed by atoms with E-state index >= 15 is 0 Å². The summed E-state index contributed by atoms with van der Waals surface area (Å²) >= 11 is 0. The van der Waals surface area contributed by atoms with Gasteiger partial charge in [-0.3, -0.25) is 10.1 Å². The van der Waals surface area contributed by atoms with Crippen LogP contribution in [0.1, 0.15) is 5.69 Å². The van der Waals surface area contributed by atoms with E-state index in [1.54, 1.807) is 16.8 Å². The normalized spacial score (nSPS) is 12.0. The summed E-state index contributed by atoms with van der Waals surface area (Å²) in [4.78, 5) is 10.4. The quantitative estimate of drug-likeness (QED) is 0.287. The summed E-state index contributed by atoms with van der Waals surface area (Å²) in [6, 6.07) is 12.1. The molecular formula is C17H14ClN3O4. The molecule has 0 aliphatic carbocycles. The molecule has 3 aromatic rings. The van der Waals surface area contributed by atoms with Gasteiger partial charge >= 0.3 is 0 Å². The van der Waals surface area contributed by atoms with Gasteiger partial charge in [0.25, 0.3) is 11.4 Å². The Labute approximate surface area is 149 Å². The van der Waals surface area contributed by atoms with Crippen LogP contribution in [0.15, 0.2) is 42.5 Å². The topological polar surface area (TPSA) is 91.5 Å². The Bertz CT molecular complexity index is 990. The molecule has 0 spiro atoms. The highest BCUT2D eigenvalue weighted by Crippen LogP contribution is 2.42. The zero-order valence-electron chi connectivity index (χ0n) is 13.2. The maximum absolute atomic E-state index is 10.9. The van der Waals surface area contributed by atoms with Crippen LogP contribution in [0, 0.1) is 17.0 Å². The van der Waals surface area contributed by atoms with Crippen LogP contribution in [-0.4, -0.2) is 11.7 Å². The number of pyridine rings is 1. The Balaban J connectivity index is 0.00000182. The number of nitro groups is 1.